The minimum Gasteiger partial charge on any atom is -0.508 e. The summed E-state index contributed by atoms with van der Waals surface area (Å²) in [5, 5.41) is 26.4. The first-order chi connectivity index (χ1) is 16.4. The second-order valence-electron chi connectivity index (χ2n) is 9.08. The number of carboxylic acid groups (broad SMARTS) is 1. The van der Waals surface area contributed by atoms with Crippen LogP contribution >= 0.6 is 0 Å². The standard InChI is InChI=1S/C24H39N5O6/c1-14(2)12-20(23(33)28-19(24(34)35)6-4-5-11-25)29-21(31)15(3)27-22(32)18(26)13-16-7-9-17(30)10-8-16/h7-10,14-15,18-20,30H,4-6,11-13,25-26H2,1-3H3,(H,27,32)(H,28,33)(H,29,31)(H,34,35). The van der Waals surface area contributed by atoms with Crippen molar-refractivity contribution < 1.29 is 29.4 Å². The van der Waals surface area contributed by atoms with E-state index in [2.05, 4.69) is 16.0 Å². The molecule has 0 aliphatic carbocycles. The monoisotopic (exact) mass is 493 g/mol. The van der Waals surface area contributed by atoms with Crippen molar-refractivity contribution in [2.75, 3.05) is 6.54 Å². The third-order valence-corrected chi connectivity index (χ3v) is 5.38. The second kappa shape index (κ2) is 14.9. The van der Waals surface area contributed by atoms with Crippen molar-refractivity contribution in [3.8, 4) is 5.75 Å². The van der Waals surface area contributed by atoms with Crippen LogP contribution in [0.25, 0.3) is 0 Å². The van der Waals surface area contributed by atoms with Crippen molar-refractivity contribution in [3.63, 3.8) is 0 Å². The lowest BCUT2D eigenvalue weighted by Crippen LogP contribution is -2.56. The van der Waals surface area contributed by atoms with E-state index in [1.807, 2.05) is 13.8 Å². The van der Waals surface area contributed by atoms with E-state index >= 15 is 0 Å². The molecule has 0 aromatic heterocycles. The third-order valence-electron chi connectivity index (χ3n) is 5.38. The van der Waals surface area contributed by atoms with E-state index in [1.165, 1.54) is 19.1 Å². The van der Waals surface area contributed by atoms with Gasteiger partial charge in [0.1, 0.15) is 23.9 Å². The summed E-state index contributed by atoms with van der Waals surface area (Å²) in [5.74, 6) is -2.76. The van der Waals surface area contributed by atoms with Gasteiger partial charge in [-0.2, -0.15) is 0 Å². The predicted molar refractivity (Wildman–Crippen MR) is 131 cm³/mol. The fraction of sp³-hybridized carbons (Fsp3) is 0.583. The average Bonchev–Trinajstić information content (AvgIpc) is 2.78. The van der Waals surface area contributed by atoms with Gasteiger partial charge in [-0.25, -0.2) is 4.79 Å². The van der Waals surface area contributed by atoms with E-state index in [0.717, 1.165) is 5.56 Å². The minimum atomic E-state index is -1.16. The van der Waals surface area contributed by atoms with E-state index in [-0.39, 0.29) is 30.9 Å². The van der Waals surface area contributed by atoms with E-state index in [0.29, 0.717) is 19.4 Å². The van der Waals surface area contributed by atoms with Crippen molar-refractivity contribution >= 4 is 23.7 Å². The SMILES string of the molecule is CC(C)CC(NC(=O)C(C)NC(=O)C(N)Cc1ccc(O)cc1)C(=O)NC(CCCCN)C(=O)O. The Bertz CT molecular complexity index is 845. The molecule has 35 heavy (non-hydrogen) atoms. The molecule has 11 nitrogen and oxygen atoms in total. The van der Waals surface area contributed by atoms with Crippen LogP contribution < -0.4 is 27.4 Å². The molecule has 0 bridgehead atoms. The Morgan fingerprint density at radius 1 is 0.886 bits per heavy atom. The number of carboxylic acids is 1. The van der Waals surface area contributed by atoms with E-state index in [1.54, 1.807) is 12.1 Å². The maximum absolute atomic E-state index is 12.8. The molecule has 196 valence electrons. The number of amides is 3. The molecule has 0 saturated heterocycles. The van der Waals surface area contributed by atoms with E-state index in [9.17, 15) is 29.4 Å². The third kappa shape index (κ3) is 11.2. The summed E-state index contributed by atoms with van der Waals surface area (Å²) >= 11 is 0. The van der Waals surface area contributed by atoms with Crippen LogP contribution in [-0.2, 0) is 25.6 Å². The molecule has 0 spiro atoms. The van der Waals surface area contributed by atoms with Crippen LogP contribution in [0.1, 0.15) is 52.0 Å². The summed E-state index contributed by atoms with van der Waals surface area (Å²) in [4.78, 5) is 49.5. The van der Waals surface area contributed by atoms with Crippen molar-refractivity contribution in [2.24, 2.45) is 17.4 Å². The van der Waals surface area contributed by atoms with Crippen LogP contribution in [0.3, 0.4) is 0 Å². The molecule has 0 aliphatic rings. The lowest BCUT2D eigenvalue weighted by molar-refractivity contribution is -0.142. The summed E-state index contributed by atoms with van der Waals surface area (Å²) in [6, 6.07) is 2.32. The zero-order valence-electron chi connectivity index (χ0n) is 20.6. The zero-order chi connectivity index (χ0) is 26.5. The summed E-state index contributed by atoms with van der Waals surface area (Å²) in [6.45, 7) is 5.64. The first-order valence-corrected chi connectivity index (χ1v) is 11.8. The number of hydrogen-bond donors (Lipinski definition) is 7. The normalized spacial score (nSPS) is 14.5. The summed E-state index contributed by atoms with van der Waals surface area (Å²) < 4.78 is 0. The van der Waals surface area contributed by atoms with Crippen molar-refractivity contribution in [1.82, 2.24) is 16.0 Å². The fourth-order valence-electron chi connectivity index (χ4n) is 3.39. The number of aliphatic carboxylic acids is 1. The molecular formula is C24H39N5O6. The van der Waals surface area contributed by atoms with Crippen molar-refractivity contribution in [2.45, 2.75) is 77.0 Å². The largest absolute Gasteiger partial charge is 0.508 e. The summed E-state index contributed by atoms with van der Waals surface area (Å²) in [6.07, 6.45) is 1.90. The number of phenols is 1. The molecule has 0 aliphatic heterocycles. The quantitative estimate of drug-likeness (QED) is 0.166. The molecule has 11 heteroatoms. The van der Waals surface area contributed by atoms with Gasteiger partial charge in [0.2, 0.25) is 17.7 Å². The molecule has 3 amide bonds. The van der Waals surface area contributed by atoms with Crippen LogP contribution in [0.2, 0.25) is 0 Å². The van der Waals surface area contributed by atoms with E-state index in [4.69, 9.17) is 11.5 Å². The average molecular weight is 494 g/mol. The van der Waals surface area contributed by atoms with Crippen molar-refractivity contribution in [1.29, 1.82) is 0 Å². The molecule has 1 rings (SSSR count). The Morgan fingerprint density at radius 2 is 1.49 bits per heavy atom. The highest BCUT2D eigenvalue weighted by Gasteiger charge is 2.29. The molecular weight excluding hydrogens is 454 g/mol. The lowest BCUT2D eigenvalue weighted by Gasteiger charge is -2.25. The molecule has 1 aromatic rings. The number of benzene rings is 1. The van der Waals surface area contributed by atoms with Gasteiger partial charge in [-0.3, -0.25) is 14.4 Å². The van der Waals surface area contributed by atoms with Crippen LogP contribution in [0.15, 0.2) is 24.3 Å². The van der Waals surface area contributed by atoms with Gasteiger partial charge in [0, 0.05) is 0 Å². The van der Waals surface area contributed by atoms with Crippen LogP contribution in [0.4, 0.5) is 0 Å². The Morgan fingerprint density at radius 3 is 2.03 bits per heavy atom. The van der Waals surface area contributed by atoms with Gasteiger partial charge in [-0.05, 0) is 69.2 Å². The Kier molecular flexibility index (Phi) is 12.7. The lowest BCUT2D eigenvalue weighted by atomic mass is 10.0. The second-order valence-corrected chi connectivity index (χ2v) is 9.08. The molecule has 0 saturated carbocycles. The Labute approximate surface area is 206 Å². The first kappa shape index (κ1) is 29.9. The number of carbonyl (C=O) groups is 4. The number of unbranched alkanes of at least 4 members (excludes halogenated alkanes) is 1. The number of hydrogen-bond acceptors (Lipinski definition) is 7. The molecule has 0 fully saturated rings. The maximum atomic E-state index is 12.8. The predicted octanol–water partition coefficient (Wildman–Crippen LogP) is -0.00400. The highest BCUT2D eigenvalue weighted by atomic mass is 16.4. The van der Waals surface area contributed by atoms with Crippen molar-refractivity contribution in [3.05, 3.63) is 29.8 Å². The van der Waals surface area contributed by atoms with Gasteiger partial charge in [-0.1, -0.05) is 26.0 Å². The zero-order valence-corrected chi connectivity index (χ0v) is 20.6. The maximum Gasteiger partial charge on any atom is 0.326 e. The summed E-state index contributed by atoms with van der Waals surface area (Å²) in [5.41, 5.74) is 12.1. The number of nitrogens with two attached hydrogens (primary N) is 2. The number of phenolic OH excluding ortho intramolecular Hbond substituents is 1. The highest BCUT2D eigenvalue weighted by molar-refractivity contribution is 5.93. The van der Waals surface area contributed by atoms with Crippen LogP contribution in [0.5, 0.6) is 5.75 Å². The number of nitrogens with one attached hydrogen (secondary N) is 3. The molecule has 9 N–H and O–H groups in total. The molecule has 4 atom stereocenters. The fourth-order valence-corrected chi connectivity index (χ4v) is 3.39. The number of aromatic hydroxyl groups is 1. The van der Waals surface area contributed by atoms with Gasteiger partial charge in [0.05, 0.1) is 6.04 Å². The smallest absolute Gasteiger partial charge is 0.326 e. The number of rotatable bonds is 15. The van der Waals surface area contributed by atoms with Crippen LogP contribution in [0, 0.1) is 5.92 Å². The molecule has 1 aromatic carbocycles. The number of carbonyl (C=O) groups excluding carboxylic acids is 3. The Balaban J connectivity index is 2.73. The van der Waals surface area contributed by atoms with Gasteiger partial charge in [0.15, 0.2) is 0 Å². The minimum absolute atomic E-state index is 0.0372. The first-order valence-electron chi connectivity index (χ1n) is 11.8. The van der Waals surface area contributed by atoms with Gasteiger partial charge >= 0.3 is 5.97 Å². The van der Waals surface area contributed by atoms with E-state index < -0.39 is 47.9 Å². The molecule has 0 heterocycles. The van der Waals surface area contributed by atoms with Gasteiger partial charge < -0.3 is 37.6 Å². The summed E-state index contributed by atoms with van der Waals surface area (Å²) in [7, 11) is 0. The Hall–Kier alpha value is -3.18. The molecule has 4 unspecified atom stereocenters. The van der Waals surface area contributed by atoms with Crippen LogP contribution in [-0.4, -0.2) is 64.6 Å². The highest BCUT2D eigenvalue weighted by Crippen LogP contribution is 2.11. The molecule has 0 radical (unpaired) electrons. The topological polar surface area (TPSA) is 197 Å². The van der Waals surface area contributed by atoms with Gasteiger partial charge in [0.25, 0.3) is 0 Å². The van der Waals surface area contributed by atoms with Gasteiger partial charge in [-0.15, -0.1) is 0 Å².